The van der Waals surface area contributed by atoms with Gasteiger partial charge in [0.05, 0.1) is 0 Å². The molecule has 3 nitrogen and oxygen atoms in total. The zero-order chi connectivity index (χ0) is 12.3. The summed E-state index contributed by atoms with van der Waals surface area (Å²) in [6, 6.07) is 9.38. The van der Waals surface area contributed by atoms with Gasteiger partial charge in [0.1, 0.15) is 5.69 Å². The number of para-hydroxylation sites is 1. The van der Waals surface area contributed by atoms with Gasteiger partial charge < -0.3 is 9.67 Å². The molecule has 86 valence electrons. The molecule has 0 aliphatic carbocycles. The third-order valence-electron chi connectivity index (χ3n) is 2.67. The number of fused-ring (bicyclic) bond motifs is 1. The minimum absolute atomic E-state index is 0.323. The highest BCUT2D eigenvalue weighted by Gasteiger charge is 2.13. The molecule has 17 heavy (non-hydrogen) atoms. The van der Waals surface area contributed by atoms with Crippen LogP contribution in [0.5, 0.6) is 0 Å². The van der Waals surface area contributed by atoms with Crippen molar-refractivity contribution in [1.82, 2.24) is 4.57 Å². The quantitative estimate of drug-likeness (QED) is 0.819. The van der Waals surface area contributed by atoms with Crippen LogP contribution in [-0.4, -0.2) is 15.6 Å². The molecule has 1 heterocycles. The Balaban J connectivity index is 2.50. The Morgan fingerprint density at radius 3 is 2.88 bits per heavy atom. The molecule has 0 aliphatic heterocycles. The zero-order valence-electron chi connectivity index (χ0n) is 9.60. The van der Waals surface area contributed by atoms with E-state index in [1.54, 1.807) is 13.0 Å². The number of hydrogen-bond acceptors (Lipinski definition) is 1. The van der Waals surface area contributed by atoms with E-state index < -0.39 is 5.97 Å². The van der Waals surface area contributed by atoms with Crippen molar-refractivity contribution in [2.24, 2.45) is 0 Å². The lowest BCUT2D eigenvalue weighted by molar-refractivity contribution is 0.0685. The van der Waals surface area contributed by atoms with Gasteiger partial charge in [0.25, 0.3) is 0 Å². The van der Waals surface area contributed by atoms with Gasteiger partial charge in [0.2, 0.25) is 0 Å². The lowest BCUT2D eigenvalue weighted by Crippen LogP contribution is -2.08. The molecule has 1 N–H and O–H groups in total. The first kappa shape index (κ1) is 11.3. The highest BCUT2D eigenvalue weighted by Crippen LogP contribution is 2.20. The number of rotatable bonds is 3. The van der Waals surface area contributed by atoms with E-state index >= 15 is 0 Å². The molecule has 0 aliphatic rings. The molecule has 0 bridgehead atoms. The fraction of sp³-hybridized carbons (Fsp3) is 0.214. The maximum Gasteiger partial charge on any atom is 0.352 e. The van der Waals surface area contributed by atoms with E-state index in [-0.39, 0.29) is 0 Å². The summed E-state index contributed by atoms with van der Waals surface area (Å²) in [5.41, 5.74) is 1.27. The van der Waals surface area contributed by atoms with Crippen LogP contribution in [0.4, 0.5) is 0 Å². The summed E-state index contributed by atoms with van der Waals surface area (Å²) in [6.45, 7) is 2.39. The van der Waals surface area contributed by atoms with Crippen molar-refractivity contribution in [2.45, 2.75) is 19.9 Å². The van der Waals surface area contributed by atoms with E-state index in [4.69, 9.17) is 5.11 Å². The van der Waals surface area contributed by atoms with Crippen molar-refractivity contribution < 1.29 is 9.90 Å². The maximum absolute atomic E-state index is 11.2. The maximum atomic E-state index is 11.2. The summed E-state index contributed by atoms with van der Waals surface area (Å²) >= 11 is 0. The van der Waals surface area contributed by atoms with Gasteiger partial charge in [-0.25, -0.2) is 4.79 Å². The lowest BCUT2D eigenvalue weighted by atomic mass is 10.2. The topological polar surface area (TPSA) is 42.2 Å². The SMILES string of the molecule is CC#CCCn1c(C(=O)O)cc2ccccc21. The summed E-state index contributed by atoms with van der Waals surface area (Å²) in [6.07, 6.45) is 0.662. The van der Waals surface area contributed by atoms with Gasteiger partial charge >= 0.3 is 5.97 Å². The number of carbonyl (C=O) groups is 1. The first-order chi connectivity index (χ1) is 8.24. The van der Waals surface area contributed by atoms with Crippen molar-refractivity contribution in [3.63, 3.8) is 0 Å². The van der Waals surface area contributed by atoms with Crippen LogP contribution in [0.25, 0.3) is 10.9 Å². The normalized spacial score (nSPS) is 9.94. The molecule has 0 fully saturated rings. The van der Waals surface area contributed by atoms with Gasteiger partial charge in [-0.15, -0.1) is 11.8 Å². The van der Waals surface area contributed by atoms with Crippen LogP contribution in [0.15, 0.2) is 30.3 Å². The van der Waals surface area contributed by atoms with Crippen molar-refractivity contribution in [2.75, 3.05) is 0 Å². The van der Waals surface area contributed by atoms with E-state index in [0.717, 1.165) is 10.9 Å². The second-order valence-electron chi connectivity index (χ2n) is 3.72. The van der Waals surface area contributed by atoms with E-state index in [2.05, 4.69) is 11.8 Å². The van der Waals surface area contributed by atoms with E-state index in [9.17, 15) is 4.79 Å². The minimum Gasteiger partial charge on any atom is -0.477 e. The Hall–Kier alpha value is -2.21. The molecule has 0 amide bonds. The summed E-state index contributed by atoms with van der Waals surface area (Å²) in [5, 5.41) is 10.1. The number of benzene rings is 1. The van der Waals surface area contributed by atoms with E-state index in [1.807, 2.05) is 28.8 Å². The summed E-state index contributed by atoms with van der Waals surface area (Å²) in [5.74, 6) is 4.87. The van der Waals surface area contributed by atoms with Crippen LogP contribution in [0.3, 0.4) is 0 Å². The predicted molar refractivity (Wildman–Crippen MR) is 67.0 cm³/mol. The molecule has 0 saturated carbocycles. The van der Waals surface area contributed by atoms with Gasteiger partial charge in [0.15, 0.2) is 0 Å². The van der Waals surface area contributed by atoms with Crippen LogP contribution in [0.1, 0.15) is 23.8 Å². The predicted octanol–water partition coefficient (Wildman–Crippen LogP) is 2.75. The highest BCUT2D eigenvalue weighted by atomic mass is 16.4. The van der Waals surface area contributed by atoms with Gasteiger partial charge in [0, 0.05) is 23.9 Å². The number of carboxylic acids is 1. The van der Waals surface area contributed by atoms with E-state index in [0.29, 0.717) is 18.7 Å². The van der Waals surface area contributed by atoms with Crippen LogP contribution in [0.2, 0.25) is 0 Å². The third-order valence-corrected chi connectivity index (χ3v) is 2.67. The molecule has 0 saturated heterocycles. The first-order valence-corrected chi connectivity index (χ1v) is 5.45. The molecule has 0 spiro atoms. The molecule has 3 heteroatoms. The fourth-order valence-corrected chi connectivity index (χ4v) is 1.92. The van der Waals surface area contributed by atoms with Gasteiger partial charge in [-0.05, 0) is 19.1 Å². The van der Waals surface area contributed by atoms with Gasteiger partial charge in [-0.1, -0.05) is 18.2 Å². The number of nitrogens with zero attached hydrogens (tertiary/aromatic N) is 1. The van der Waals surface area contributed by atoms with Crippen molar-refractivity contribution in [1.29, 1.82) is 0 Å². The molecule has 2 aromatic rings. The Morgan fingerprint density at radius 2 is 2.18 bits per heavy atom. The lowest BCUT2D eigenvalue weighted by Gasteiger charge is -2.05. The van der Waals surface area contributed by atoms with Crippen molar-refractivity contribution >= 4 is 16.9 Å². The molecule has 0 unspecified atom stereocenters. The average molecular weight is 227 g/mol. The summed E-state index contributed by atoms with van der Waals surface area (Å²) < 4.78 is 1.81. The van der Waals surface area contributed by atoms with Crippen LogP contribution < -0.4 is 0 Å². The van der Waals surface area contributed by atoms with E-state index in [1.165, 1.54) is 0 Å². The third kappa shape index (κ3) is 2.16. The monoisotopic (exact) mass is 227 g/mol. The molecule has 1 aromatic carbocycles. The number of hydrogen-bond donors (Lipinski definition) is 1. The second kappa shape index (κ2) is 4.75. The van der Waals surface area contributed by atoms with Gasteiger partial charge in [-0.2, -0.15) is 0 Å². The Kier molecular flexibility index (Phi) is 3.15. The molecule has 2 rings (SSSR count). The highest BCUT2D eigenvalue weighted by molar-refractivity contribution is 5.94. The largest absolute Gasteiger partial charge is 0.477 e. The zero-order valence-corrected chi connectivity index (χ0v) is 9.60. The number of aromatic nitrogens is 1. The Morgan fingerprint density at radius 1 is 1.41 bits per heavy atom. The number of aromatic carboxylic acids is 1. The molecular formula is C14H13NO2. The minimum atomic E-state index is -0.898. The van der Waals surface area contributed by atoms with Crippen LogP contribution in [0, 0.1) is 11.8 Å². The number of carboxylic acid groups (broad SMARTS) is 1. The number of aryl methyl sites for hydroxylation is 1. The fourth-order valence-electron chi connectivity index (χ4n) is 1.92. The molecule has 0 atom stereocenters. The summed E-state index contributed by atoms with van der Waals surface area (Å²) in [7, 11) is 0. The molecular weight excluding hydrogens is 214 g/mol. The van der Waals surface area contributed by atoms with Crippen LogP contribution >= 0.6 is 0 Å². The summed E-state index contributed by atoms with van der Waals surface area (Å²) in [4.78, 5) is 11.2. The standard InChI is InChI=1S/C14H13NO2/c1-2-3-6-9-15-12-8-5-4-7-11(12)10-13(15)14(16)17/h4-5,7-8,10H,6,9H2,1H3,(H,16,17). The second-order valence-corrected chi connectivity index (χ2v) is 3.72. The smallest absolute Gasteiger partial charge is 0.352 e. The van der Waals surface area contributed by atoms with Crippen molar-refractivity contribution in [3.05, 3.63) is 36.0 Å². The van der Waals surface area contributed by atoms with Crippen molar-refractivity contribution in [3.8, 4) is 11.8 Å². The Labute approximate surface area is 99.7 Å². The Bertz CT molecular complexity index is 614. The average Bonchev–Trinajstić information content (AvgIpc) is 2.69. The molecule has 1 aromatic heterocycles. The molecule has 0 radical (unpaired) electrons. The first-order valence-electron chi connectivity index (χ1n) is 5.45. The van der Waals surface area contributed by atoms with Crippen LogP contribution in [-0.2, 0) is 6.54 Å². The van der Waals surface area contributed by atoms with Gasteiger partial charge in [-0.3, -0.25) is 0 Å².